The van der Waals surface area contributed by atoms with Gasteiger partial charge in [0.1, 0.15) is 0 Å². The molecule has 0 aliphatic heterocycles. The number of hydrogen-bond acceptors (Lipinski definition) is 2. The number of hydrogen-bond donors (Lipinski definition) is 2. The molecular formula is C18H20N2O2. The number of nitrogens with one attached hydrogen (secondary N) is 2. The molecule has 2 aromatic rings. The van der Waals surface area contributed by atoms with Crippen LogP contribution in [0.1, 0.15) is 22.3 Å². The van der Waals surface area contributed by atoms with Crippen molar-refractivity contribution >= 4 is 11.8 Å². The van der Waals surface area contributed by atoms with Gasteiger partial charge in [-0.1, -0.05) is 59.7 Å². The van der Waals surface area contributed by atoms with E-state index in [9.17, 15) is 9.59 Å². The Morgan fingerprint density at radius 2 is 1.36 bits per heavy atom. The van der Waals surface area contributed by atoms with Gasteiger partial charge in [-0.2, -0.15) is 0 Å². The molecule has 0 bridgehead atoms. The zero-order valence-corrected chi connectivity index (χ0v) is 12.8. The highest BCUT2D eigenvalue weighted by Crippen LogP contribution is 2.04. The number of benzene rings is 2. The molecule has 4 nitrogen and oxygen atoms in total. The van der Waals surface area contributed by atoms with Gasteiger partial charge in [0.2, 0.25) is 0 Å². The van der Waals surface area contributed by atoms with Crippen molar-refractivity contribution in [2.75, 3.05) is 0 Å². The Morgan fingerprint density at radius 3 is 1.95 bits per heavy atom. The van der Waals surface area contributed by atoms with Crippen LogP contribution in [0.4, 0.5) is 0 Å². The highest BCUT2D eigenvalue weighted by molar-refractivity contribution is 6.35. The van der Waals surface area contributed by atoms with Crippen molar-refractivity contribution in [2.45, 2.75) is 26.9 Å². The van der Waals surface area contributed by atoms with Crippen LogP contribution < -0.4 is 10.6 Å². The Balaban J connectivity index is 1.79. The maximum absolute atomic E-state index is 11.8. The molecule has 4 heteroatoms. The molecule has 0 heterocycles. The predicted octanol–water partition coefficient (Wildman–Crippen LogP) is 2.24. The van der Waals surface area contributed by atoms with E-state index in [1.807, 2.05) is 62.4 Å². The van der Waals surface area contributed by atoms with Crippen molar-refractivity contribution in [1.82, 2.24) is 10.6 Å². The van der Waals surface area contributed by atoms with Gasteiger partial charge in [0.25, 0.3) is 0 Å². The SMILES string of the molecule is Cc1ccc(CNC(=O)C(=O)NCc2cccc(C)c2)cc1. The first kappa shape index (κ1) is 15.8. The first-order chi connectivity index (χ1) is 10.5. The zero-order valence-electron chi connectivity index (χ0n) is 12.8. The normalized spacial score (nSPS) is 10.1. The van der Waals surface area contributed by atoms with Crippen LogP contribution in [0.5, 0.6) is 0 Å². The highest BCUT2D eigenvalue weighted by atomic mass is 16.2. The lowest BCUT2D eigenvalue weighted by molar-refractivity contribution is -0.139. The predicted molar refractivity (Wildman–Crippen MR) is 86.1 cm³/mol. The standard InChI is InChI=1S/C18H20N2O2/c1-13-6-8-15(9-7-13)11-19-17(21)18(22)20-12-16-5-3-4-14(2)10-16/h3-10H,11-12H2,1-2H3,(H,19,21)(H,20,22). The van der Waals surface area contributed by atoms with E-state index in [2.05, 4.69) is 10.6 Å². The quantitative estimate of drug-likeness (QED) is 0.850. The van der Waals surface area contributed by atoms with E-state index in [1.165, 1.54) is 0 Å². The van der Waals surface area contributed by atoms with Crippen LogP contribution in [0.15, 0.2) is 48.5 Å². The van der Waals surface area contributed by atoms with Crippen molar-refractivity contribution in [1.29, 1.82) is 0 Å². The molecule has 0 saturated heterocycles. The molecular weight excluding hydrogens is 276 g/mol. The van der Waals surface area contributed by atoms with Gasteiger partial charge in [0, 0.05) is 13.1 Å². The van der Waals surface area contributed by atoms with Gasteiger partial charge in [-0.3, -0.25) is 9.59 Å². The zero-order chi connectivity index (χ0) is 15.9. The summed E-state index contributed by atoms with van der Waals surface area (Å²) >= 11 is 0. The van der Waals surface area contributed by atoms with Crippen molar-refractivity contribution in [3.05, 3.63) is 70.8 Å². The van der Waals surface area contributed by atoms with Crippen LogP contribution in [-0.2, 0) is 22.7 Å². The summed E-state index contributed by atoms with van der Waals surface area (Å²) in [5.41, 5.74) is 4.21. The Bertz CT molecular complexity index is 663. The van der Waals surface area contributed by atoms with E-state index >= 15 is 0 Å². The van der Waals surface area contributed by atoms with Crippen LogP contribution in [0, 0.1) is 13.8 Å². The van der Waals surface area contributed by atoms with E-state index in [0.717, 1.165) is 22.3 Å². The molecule has 0 aliphatic rings. The lowest BCUT2D eigenvalue weighted by Crippen LogP contribution is -2.39. The van der Waals surface area contributed by atoms with Gasteiger partial charge in [0.05, 0.1) is 0 Å². The lowest BCUT2D eigenvalue weighted by Gasteiger charge is -2.07. The van der Waals surface area contributed by atoms with Gasteiger partial charge < -0.3 is 10.6 Å². The molecule has 2 aromatic carbocycles. The van der Waals surface area contributed by atoms with Gasteiger partial charge in [-0.25, -0.2) is 0 Å². The average Bonchev–Trinajstić information content (AvgIpc) is 2.52. The molecule has 0 aromatic heterocycles. The fourth-order valence-electron chi connectivity index (χ4n) is 2.05. The van der Waals surface area contributed by atoms with E-state index in [0.29, 0.717) is 13.1 Å². The molecule has 114 valence electrons. The summed E-state index contributed by atoms with van der Waals surface area (Å²) in [6.07, 6.45) is 0. The molecule has 2 N–H and O–H groups in total. The molecule has 0 saturated carbocycles. The Labute approximate surface area is 130 Å². The fourth-order valence-corrected chi connectivity index (χ4v) is 2.05. The second kappa shape index (κ2) is 7.41. The molecule has 0 unspecified atom stereocenters. The second-order valence-corrected chi connectivity index (χ2v) is 5.34. The number of rotatable bonds is 4. The van der Waals surface area contributed by atoms with Gasteiger partial charge in [-0.15, -0.1) is 0 Å². The van der Waals surface area contributed by atoms with Crippen LogP contribution in [-0.4, -0.2) is 11.8 Å². The largest absolute Gasteiger partial charge is 0.344 e. The maximum atomic E-state index is 11.8. The first-order valence-corrected chi connectivity index (χ1v) is 7.22. The highest BCUT2D eigenvalue weighted by Gasteiger charge is 2.12. The molecule has 22 heavy (non-hydrogen) atoms. The van der Waals surface area contributed by atoms with E-state index in [4.69, 9.17) is 0 Å². The van der Waals surface area contributed by atoms with E-state index in [-0.39, 0.29) is 0 Å². The number of aryl methyl sites for hydroxylation is 2. The van der Waals surface area contributed by atoms with Crippen molar-refractivity contribution in [3.8, 4) is 0 Å². The lowest BCUT2D eigenvalue weighted by atomic mass is 10.1. The topological polar surface area (TPSA) is 58.2 Å². The van der Waals surface area contributed by atoms with Crippen molar-refractivity contribution in [3.63, 3.8) is 0 Å². The minimum Gasteiger partial charge on any atom is -0.344 e. The molecule has 0 fully saturated rings. The smallest absolute Gasteiger partial charge is 0.309 e. The van der Waals surface area contributed by atoms with E-state index < -0.39 is 11.8 Å². The van der Waals surface area contributed by atoms with Crippen LogP contribution >= 0.6 is 0 Å². The number of carbonyl (C=O) groups is 2. The Kier molecular flexibility index (Phi) is 5.31. The number of carbonyl (C=O) groups excluding carboxylic acids is 2. The second-order valence-electron chi connectivity index (χ2n) is 5.34. The van der Waals surface area contributed by atoms with Crippen LogP contribution in [0.3, 0.4) is 0 Å². The third-order valence-electron chi connectivity index (χ3n) is 3.32. The van der Waals surface area contributed by atoms with Crippen LogP contribution in [0.25, 0.3) is 0 Å². The molecule has 0 atom stereocenters. The minimum absolute atomic E-state index is 0.344. The summed E-state index contributed by atoms with van der Waals surface area (Å²) in [5, 5.41) is 5.24. The molecule has 0 radical (unpaired) electrons. The third-order valence-corrected chi connectivity index (χ3v) is 3.32. The number of amides is 2. The van der Waals surface area contributed by atoms with Gasteiger partial charge >= 0.3 is 11.8 Å². The monoisotopic (exact) mass is 296 g/mol. The van der Waals surface area contributed by atoms with Crippen molar-refractivity contribution < 1.29 is 9.59 Å². The van der Waals surface area contributed by atoms with Gasteiger partial charge in [0.15, 0.2) is 0 Å². The van der Waals surface area contributed by atoms with Gasteiger partial charge in [-0.05, 0) is 25.0 Å². The summed E-state index contributed by atoms with van der Waals surface area (Å²) in [5.74, 6) is -1.23. The summed E-state index contributed by atoms with van der Waals surface area (Å²) in [7, 11) is 0. The average molecular weight is 296 g/mol. The Morgan fingerprint density at radius 1 is 0.773 bits per heavy atom. The van der Waals surface area contributed by atoms with E-state index in [1.54, 1.807) is 0 Å². The minimum atomic E-state index is -0.617. The molecule has 2 amide bonds. The third kappa shape index (κ3) is 4.74. The summed E-state index contributed by atoms with van der Waals surface area (Å²) < 4.78 is 0. The summed E-state index contributed by atoms with van der Waals surface area (Å²) in [6, 6.07) is 15.6. The summed E-state index contributed by atoms with van der Waals surface area (Å²) in [6.45, 7) is 4.68. The van der Waals surface area contributed by atoms with Crippen molar-refractivity contribution in [2.24, 2.45) is 0 Å². The molecule has 0 spiro atoms. The Hall–Kier alpha value is -2.62. The fraction of sp³-hybridized carbons (Fsp3) is 0.222. The first-order valence-electron chi connectivity index (χ1n) is 7.22. The maximum Gasteiger partial charge on any atom is 0.309 e. The van der Waals surface area contributed by atoms with Crippen LogP contribution in [0.2, 0.25) is 0 Å². The molecule has 2 rings (SSSR count). The summed E-state index contributed by atoms with van der Waals surface area (Å²) in [4.78, 5) is 23.5. The molecule has 0 aliphatic carbocycles.